The van der Waals surface area contributed by atoms with Crippen molar-refractivity contribution in [3.05, 3.63) is 47.7 Å². The molecule has 1 aromatic heterocycles. The van der Waals surface area contributed by atoms with Crippen LogP contribution in [0.2, 0.25) is 0 Å². The van der Waals surface area contributed by atoms with E-state index in [4.69, 9.17) is 4.98 Å². The standard InChI is InChI=1S/C18H26N4/c1-5-11-19-18-20-15(4)12-17(21-18)22(14(2)3)13-16-9-7-6-8-10-16/h6-10,12,14H,5,11,13H2,1-4H3,(H,19,20,21). The number of hydrogen-bond donors (Lipinski definition) is 1. The molecule has 2 aromatic rings. The van der Waals surface area contributed by atoms with Crippen molar-refractivity contribution in [3.8, 4) is 0 Å². The van der Waals surface area contributed by atoms with Crippen LogP contribution in [0.3, 0.4) is 0 Å². The smallest absolute Gasteiger partial charge is 0.224 e. The van der Waals surface area contributed by atoms with Crippen LogP contribution in [0.1, 0.15) is 38.4 Å². The van der Waals surface area contributed by atoms with Crippen molar-refractivity contribution in [1.29, 1.82) is 0 Å². The van der Waals surface area contributed by atoms with Gasteiger partial charge in [0.15, 0.2) is 0 Å². The number of aromatic nitrogens is 2. The normalized spacial score (nSPS) is 10.8. The van der Waals surface area contributed by atoms with E-state index < -0.39 is 0 Å². The molecule has 1 heterocycles. The van der Waals surface area contributed by atoms with Crippen molar-refractivity contribution in [2.24, 2.45) is 0 Å². The number of nitrogens with zero attached hydrogens (tertiary/aromatic N) is 3. The Morgan fingerprint density at radius 2 is 1.86 bits per heavy atom. The molecular formula is C18H26N4. The molecule has 0 bridgehead atoms. The van der Waals surface area contributed by atoms with Crippen LogP contribution in [-0.2, 0) is 6.54 Å². The summed E-state index contributed by atoms with van der Waals surface area (Å²) in [6, 6.07) is 12.9. The van der Waals surface area contributed by atoms with Gasteiger partial charge in [0.1, 0.15) is 5.82 Å². The lowest BCUT2D eigenvalue weighted by Crippen LogP contribution is -2.31. The Bertz CT molecular complexity index is 581. The molecule has 0 spiro atoms. The van der Waals surface area contributed by atoms with E-state index in [0.717, 1.165) is 37.0 Å². The van der Waals surface area contributed by atoms with E-state index in [0.29, 0.717) is 6.04 Å². The van der Waals surface area contributed by atoms with Crippen LogP contribution in [0, 0.1) is 6.92 Å². The molecule has 0 radical (unpaired) electrons. The van der Waals surface area contributed by atoms with Crippen LogP contribution in [0.4, 0.5) is 11.8 Å². The van der Waals surface area contributed by atoms with Crippen LogP contribution in [0.15, 0.2) is 36.4 Å². The average molecular weight is 298 g/mol. The van der Waals surface area contributed by atoms with Gasteiger partial charge in [0, 0.05) is 30.9 Å². The third-order valence-electron chi connectivity index (χ3n) is 3.49. The Labute approximate surface area is 133 Å². The maximum absolute atomic E-state index is 4.69. The molecule has 0 atom stereocenters. The average Bonchev–Trinajstić information content (AvgIpc) is 2.50. The molecule has 0 amide bonds. The van der Waals surface area contributed by atoms with Crippen molar-refractivity contribution >= 4 is 11.8 Å². The fourth-order valence-corrected chi connectivity index (χ4v) is 2.32. The molecular weight excluding hydrogens is 272 g/mol. The Kier molecular flexibility index (Phi) is 5.75. The number of rotatable bonds is 7. The Morgan fingerprint density at radius 3 is 2.50 bits per heavy atom. The molecule has 1 aromatic carbocycles. The molecule has 0 aliphatic carbocycles. The molecule has 1 N–H and O–H groups in total. The number of benzene rings is 1. The van der Waals surface area contributed by atoms with Crippen molar-refractivity contribution in [1.82, 2.24) is 9.97 Å². The summed E-state index contributed by atoms with van der Waals surface area (Å²) in [5, 5.41) is 3.28. The maximum Gasteiger partial charge on any atom is 0.224 e. The minimum Gasteiger partial charge on any atom is -0.354 e. The highest BCUT2D eigenvalue weighted by Gasteiger charge is 2.14. The number of aryl methyl sites for hydroxylation is 1. The first kappa shape index (κ1) is 16.3. The zero-order chi connectivity index (χ0) is 15.9. The first-order chi connectivity index (χ1) is 10.6. The lowest BCUT2D eigenvalue weighted by molar-refractivity contribution is 0.671. The Hall–Kier alpha value is -2.10. The molecule has 118 valence electrons. The third-order valence-corrected chi connectivity index (χ3v) is 3.49. The quantitative estimate of drug-likeness (QED) is 0.838. The monoisotopic (exact) mass is 298 g/mol. The molecule has 0 aliphatic rings. The largest absolute Gasteiger partial charge is 0.354 e. The number of nitrogens with one attached hydrogen (secondary N) is 1. The second kappa shape index (κ2) is 7.78. The van der Waals surface area contributed by atoms with E-state index >= 15 is 0 Å². The molecule has 0 aliphatic heterocycles. The summed E-state index contributed by atoms with van der Waals surface area (Å²) in [5.74, 6) is 1.69. The lowest BCUT2D eigenvalue weighted by Gasteiger charge is -2.28. The van der Waals surface area contributed by atoms with Gasteiger partial charge in [-0.25, -0.2) is 4.98 Å². The highest BCUT2D eigenvalue weighted by atomic mass is 15.2. The van der Waals surface area contributed by atoms with Gasteiger partial charge in [-0.15, -0.1) is 0 Å². The van der Waals surface area contributed by atoms with Gasteiger partial charge in [-0.2, -0.15) is 4.98 Å². The number of hydrogen-bond acceptors (Lipinski definition) is 4. The zero-order valence-corrected chi connectivity index (χ0v) is 14.0. The Balaban J connectivity index is 2.26. The van der Waals surface area contributed by atoms with Gasteiger partial charge in [-0.1, -0.05) is 37.3 Å². The van der Waals surface area contributed by atoms with Gasteiger partial charge in [0.2, 0.25) is 5.95 Å². The van der Waals surface area contributed by atoms with Gasteiger partial charge in [-0.05, 0) is 32.8 Å². The van der Waals surface area contributed by atoms with Gasteiger partial charge in [-0.3, -0.25) is 0 Å². The van der Waals surface area contributed by atoms with E-state index in [1.807, 2.05) is 13.0 Å². The molecule has 0 saturated heterocycles. The van der Waals surface area contributed by atoms with Crippen molar-refractivity contribution in [2.45, 2.75) is 46.7 Å². The van der Waals surface area contributed by atoms with Crippen molar-refractivity contribution < 1.29 is 0 Å². The summed E-state index contributed by atoms with van der Waals surface area (Å²) >= 11 is 0. The van der Waals surface area contributed by atoms with E-state index in [-0.39, 0.29) is 0 Å². The fourth-order valence-electron chi connectivity index (χ4n) is 2.32. The molecule has 2 rings (SSSR count). The van der Waals surface area contributed by atoms with Crippen LogP contribution < -0.4 is 10.2 Å². The van der Waals surface area contributed by atoms with Crippen LogP contribution >= 0.6 is 0 Å². The SMILES string of the molecule is CCCNc1nc(C)cc(N(Cc2ccccc2)C(C)C)n1. The molecule has 4 heteroatoms. The molecule has 22 heavy (non-hydrogen) atoms. The van der Waals surface area contributed by atoms with Crippen LogP contribution in [0.25, 0.3) is 0 Å². The highest BCUT2D eigenvalue weighted by Crippen LogP contribution is 2.20. The summed E-state index contributed by atoms with van der Waals surface area (Å²) in [7, 11) is 0. The van der Waals surface area contributed by atoms with Gasteiger partial charge in [0.05, 0.1) is 0 Å². The highest BCUT2D eigenvalue weighted by molar-refractivity contribution is 5.46. The van der Waals surface area contributed by atoms with Gasteiger partial charge >= 0.3 is 0 Å². The summed E-state index contributed by atoms with van der Waals surface area (Å²) in [6.07, 6.45) is 1.06. The summed E-state index contributed by atoms with van der Waals surface area (Å²) in [4.78, 5) is 11.5. The second-order valence-corrected chi connectivity index (χ2v) is 5.83. The van der Waals surface area contributed by atoms with Crippen LogP contribution in [-0.4, -0.2) is 22.6 Å². The lowest BCUT2D eigenvalue weighted by atomic mass is 10.2. The van der Waals surface area contributed by atoms with Gasteiger partial charge < -0.3 is 10.2 Å². The Morgan fingerprint density at radius 1 is 1.14 bits per heavy atom. The summed E-state index contributed by atoms with van der Waals surface area (Å²) < 4.78 is 0. The zero-order valence-electron chi connectivity index (χ0n) is 14.0. The predicted molar refractivity (Wildman–Crippen MR) is 93.3 cm³/mol. The molecule has 0 saturated carbocycles. The van der Waals surface area contributed by atoms with E-state index in [1.54, 1.807) is 0 Å². The predicted octanol–water partition coefficient (Wildman–Crippen LogP) is 4.02. The minimum absolute atomic E-state index is 0.369. The van der Waals surface area contributed by atoms with Crippen molar-refractivity contribution in [3.63, 3.8) is 0 Å². The summed E-state index contributed by atoms with van der Waals surface area (Å²) in [5.41, 5.74) is 2.28. The third kappa shape index (κ3) is 4.45. The maximum atomic E-state index is 4.69. The topological polar surface area (TPSA) is 41.1 Å². The molecule has 0 fully saturated rings. The fraction of sp³-hybridized carbons (Fsp3) is 0.444. The minimum atomic E-state index is 0.369. The number of anilines is 2. The summed E-state index contributed by atoms with van der Waals surface area (Å²) in [6.45, 7) is 10.3. The van der Waals surface area contributed by atoms with Crippen LogP contribution in [0.5, 0.6) is 0 Å². The van der Waals surface area contributed by atoms with Crippen molar-refractivity contribution in [2.75, 3.05) is 16.8 Å². The van der Waals surface area contributed by atoms with E-state index in [1.165, 1.54) is 5.56 Å². The molecule has 4 nitrogen and oxygen atoms in total. The van der Waals surface area contributed by atoms with Gasteiger partial charge in [0.25, 0.3) is 0 Å². The van der Waals surface area contributed by atoms with E-state index in [9.17, 15) is 0 Å². The second-order valence-electron chi connectivity index (χ2n) is 5.83. The first-order valence-electron chi connectivity index (χ1n) is 8.00. The van der Waals surface area contributed by atoms with E-state index in [2.05, 4.69) is 66.3 Å². The first-order valence-corrected chi connectivity index (χ1v) is 8.00. The molecule has 0 unspecified atom stereocenters.